The Morgan fingerprint density at radius 2 is 1.97 bits per heavy atom. The maximum atomic E-state index is 14.5. The Bertz CT molecular complexity index is 1340. The second-order valence-corrected chi connectivity index (χ2v) is 6.89. The lowest BCUT2D eigenvalue weighted by Crippen LogP contribution is -2.26. The lowest BCUT2D eigenvalue weighted by molar-refractivity contribution is -0.118. The topological polar surface area (TPSA) is 111 Å². The zero-order valence-electron chi connectivity index (χ0n) is 16.4. The van der Waals surface area contributed by atoms with Crippen LogP contribution in [0.5, 0.6) is 5.75 Å². The highest BCUT2D eigenvalue weighted by atomic mass is 19.1. The monoisotopic (exact) mass is 430 g/mol. The molecule has 4 aromatic rings. The summed E-state index contributed by atoms with van der Waals surface area (Å²) in [4.78, 5) is 28.6. The number of pyridine rings is 1. The molecule has 1 aliphatic heterocycles. The molecule has 2 aromatic carbocycles. The number of hydrogen-bond acceptors (Lipinski definition) is 6. The molecule has 0 saturated heterocycles. The fraction of sp³-hybridized carbons (Fsp3) is 0.0455. The number of carbonyl (C=O) groups excluding carboxylic acids is 2. The SMILES string of the molecule is O=C1COc2cc(F)c(C(=O)Nc3cccc(-c4nncn4-c4ccccc4)n3)cc2N1. The molecular weight excluding hydrogens is 415 g/mol. The first-order valence-electron chi connectivity index (χ1n) is 9.59. The van der Waals surface area contributed by atoms with Gasteiger partial charge >= 0.3 is 0 Å². The molecule has 32 heavy (non-hydrogen) atoms. The number of nitrogens with zero attached hydrogens (tertiary/aromatic N) is 4. The van der Waals surface area contributed by atoms with Crippen molar-refractivity contribution in [1.29, 1.82) is 0 Å². The lowest BCUT2D eigenvalue weighted by Gasteiger charge is -2.18. The minimum absolute atomic E-state index is 0.166. The van der Waals surface area contributed by atoms with Crippen molar-refractivity contribution >= 4 is 23.3 Å². The van der Waals surface area contributed by atoms with E-state index in [-0.39, 0.29) is 35.3 Å². The van der Waals surface area contributed by atoms with Crippen LogP contribution < -0.4 is 15.4 Å². The molecule has 2 N–H and O–H groups in total. The van der Waals surface area contributed by atoms with Gasteiger partial charge in [0.25, 0.3) is 11.8 Å². The van der Waals surface area contributed by atoms with E-state index >= 15 is 0 Å². The molecule has 0 fully saturated rings. The molecule has 0 bridgehead atoms. The van der Waals surface area contributed by atoms with Crippen LogP contribution in [-0.2, 0) is 4.79 Å². The van der Waals surface area contributed by atoms with Gasteiger partial charge in [-0.05, 0) is 30.3 Å². The smallest absolute Gasteiger partial charge is 0.262 e. The summed E-state index contributed by atoms with van der Waals surface area (Å²) in [6.45, 7) is -0.206. The summed E-state index contributed by atoms with van der Waals surface area (Å²) in [7, 11) is 0. The summed E-state index contributed by atoms with van der Waals surface area (Å²) in [5, 5.41) is 13.2. The van der Waals surface area contributed by atoms with E-state index in [0.717, 1.165) is 11.8 Å². The molecule has 158 valence electrons. The standard InChI is InChI=1S/C22H15FN6O3/c23-15-10-18-17(26-20(30)11-32-18)9-14(15)22(31)27-19-8-4-7-16(25-19)21-28-24-12-29(21)13-5-2-1-3-6-13/h1-10,12H,11H2,(H,26,30)(H,25,27,31). The highest BCUT2D eigenvalue weighted by Crippen LogP contribution is 2.31. The van der Waals surface area contributed by atoms with Crippen LogP contribution in [0.2, 0.25) is 0 Å². The van der Waals surface area contributed by atoms with Crippen LogP contribution in [0.15, 0.2) is 67.0 Å². The third-order valence-corrected chi connectivity index (χ3v) is 4.75. The Kier molecular flexibility index (Phi) is 4.79. The van der Waals surface area contributed by atoms with Gasteiger partial charge in [0.05, 0.1) is 11.3 Å². The predicted molar refractivity (Wildman–Crippen MR) is 113 cm³/mol. The summed E-state index contributed by atoms with van der Waals surface area (Å²) in [5.74, 6) is -1.04. The Hall–Kier alpha value is -4.60. The number of aromatic nitrogens is 4. The van der Waals surface area contributed by atoms with Crippen LogP contribution >= 0.6 is 0 Å². The predicted octanol–water partition coefficient (Wildman–Crippen LogP) is 3.05. The molecule has 2 amide bonds. The zero-order chi connectivity index (χ0) is 22.1. The molecule has 1 aliphatic rings. The lowest BCUT2D eigenvalue weighted by atomic mass is 10.1. The quantitative estimate of drug-likeness (QED) is 0.515. The summed E-state index contributed by atoms with van der Waals surface area (Å²) in [6.07, 6.45) is 1.57. The molecule has 5 rings (SSSR count). The van der Waals surface area contributed by atoms with E-state index in [2.05, 4.69) is 25.8 Å². The maximum absolute atomic E-state index is 14.5. The van der Waals surface area contributed by atoms with Crippen molar-refractivity contribution in [1.82, 2.24) is 19.7 Å². The van der Waals surface area contributed by atoms with E-state index in [1.54, 1.807) is 29.1 Å². The first-order valence-corrected chi connectivity index (χ1v) is 9.59. The van der Waals surface area contributed by atoms with Gasteiger partial charge in [-0.3, -0.25) is 14.2 Å². The Balaban J connectivity index is 1.42. The van der Waals surface area contributed by atoms with Crippen molar-refractivity contribution in [3.05, 3.63) is 78.4 Å². The number of carbonyl (C=O) groups is 2. The zero-order valence-corrected chi connectivity index (χ0v) is 16.4. The molecule has 2 aromatic heterocycles. The third kappa shape index (κ3) is 3.65. The average molecular weight is 430 g/mol. The van der Waals surface area contributed by atoms with Crippen LogP contribution in [0.3, 0.4) is 0 Å². The van der Waals surface area contributed by atoms with Crippen molar-refractivity contribution in [2.45, 2.75) is 0 Å². The number of rotatable bonds is 4. The molecule has 0 aliphatic carbocycles. The van der Waals surface area contributed by atoms with Gasteiger partial charge in [0.1, 0.15) is 29.4 Å². The highest BCUT2D eigenvalue weighted by molar-refractivity contribution is 6.06. The van der Waals surface area contributed by atoms with E-state index < -0.39 is 11.7 Å². The van der Waals surface area contributed by atoms with Crippen LogP contribution in [0.25, 0.3) is 17.2 Å². The minimum atomic E-state index is -0.780. The number of ether oxygens (including phenoxy) is 1. The minimum Gasteiger partial charge on any atom is -0.481 e. The second-order valence-electron chi connectivity index (χ2n) is 6.89. The van der Waals surface area contributed by atoms with Crippen LogP contribution in [0.1, 0.15) is 10.4 Å². The number of halogens is 1. The summed E-state index contributed by atoms with van der Waals surface area (Å²) in [6, 6.07) is 16.8. The Morgan fingerprint density at radius 1 is 1.12 bits per heavy atom. The van der Waals surface area contributed by atoms with Gasteiger partial charge in [0.2, 0.25) is 0 Å². The van der Waals surface area contributed by atoms with Gasteiger partial charge in [-0.1, -0.05) is 24.3 Å². The van der Waals surface area contributed by atoms with Gasteiger partial charge in [0.15, 0.2) is 12.4 Å². The van der Waals surface area contributed by atoms with Gasteiger partial charge in [-0.15, -0.1) is 10.2 Å². The van der Waals surface area contributed by atoms with E-state index in [9.17, 15) is 14.0 Å². The second kappa shape index (κ2) is 7.91. The molecule has 0 saturated carbocycles. The summed E-state index contributed by atoms with van der Waals surface area (Å²) in [5.41, 5.74) is 1.29. The number of amides is 2. The summed E-state index contributed by atoms with van der Waals surface area (Å²) < 4.78 is 21.4. The van der Waals surface area contributed by atoms with E-state index in [4.69, 9.17) is 4.74 Å². The van der Waals surface area contributed by atoms with Crippen molar-refractivity contribution in [2.75, 3.05) is 17.2 Å². The first-order chi connectivity index (χ1) is 15.6. The highest BCUT2D eigenvalue weighted by Gasteiger charge is 2.22. The van der Waals surface area contributed by atoms with E-state index in [1.807, 2.05) is 30.3 Å². The summed E-state index contributed by atoms with van der Waals surface area (Å²) >= 11 is 0. The molecule has 9 nitrogen and oxygen atoms in total. The Morgan fingerprint density at radius 3 is 2.81 bits per heavy atom. The number of nitrogens with one attached hydrogen (secondary N) is 2. The maximum Gasteiger partial charge on any atom is 0.262 e. The average Bonchev–Trinajstić information content (AvgIpc) is 3.30. The fourth-order valence-electron chi connectivity index (χ4n) is 3.28. The largest absolute Gasteiger partial charge is 0.481 e. The van der Waals surface area contributed by atoms with E-state index in [0.29, 0.717) is 11.5 Å². The number of benzene rings is 2. The molecule has 0 unspecified atom stereocenters. The molecule has 0 atom stereocenters. The fourth-order valence-corrected chi connectivity index (χ4v) is 3.28. The van der Waals surface area contributed by atoms with Gasteiger partial charge < -0.3 is 15.4 Å². The van der Waals surface area contributed by atoms with Gasteiger partial charge in [-0.2, -0.15) is 0 Å². The molecule has 3 heterocycles. The molecular formula is C22H15FN6O3. The van der Waals surface area contributed by atoms with E-state index in [1.165, 1.54) is 6.07 Å². The Labute approximate surface area is 180 Å². The van der Waals surface area contributed by atoms with Crippen molar-refractivity contribution in [2.24, 2.45) is 0 Å². The van der Waals surface area contributed by atoms with Crippen LogP contribution in [0, 0.1) is 5.82 Å². The molecule has 0 radical (unpaired) electrons. The molecule has 10 heteroatoms. The van der Waals surface area contributed by atoms with Crippen molar-refractivity contribution < 1.29 is 18.7 Å². The normalized spacial score (nSPS) is 12.5. The number of anilines is 2. The first kappa shape index (κ1) is 19.4. The number of fused-ring (bicyclic) bond motifs is 1. The number of hydrogen-bond donors (Lipinski definition) is 2. The van der Waals surface area contributed by atoms with Gasteiger partial charge in [0, 0.05) is 11.8 Å². The van der Waals surface area contributed by atoms with Gasteiger partial charge in [-0.25, -0.2) is 9.37 Å². The van der Waals surface area contributed by atoms with Crippen LogP contribution in [0.4, 0.5) is 15.9 Å². The number of para-hydroxylation sites is 1. The van der Waals surface area contributed by atoms with Crippen molar-refractivity contribution in [3.63, 3.8) is 0 Å². The molecule has 0 spiro atoms. The van der Waals surface area contributed by atoms with Crippen LogP contribution in [-0.4, -0.2) is 38.2 Å². The third-order valence-electron chi connectivity index (χ3n) is 4.75. The van der Waals surface area contributed by atoms with Crippen molar-refractivity contribution in [3.8, 4) is 23.0 Å².